The number of hydrogen-bond donors (Lipinski definition) is 1. The van der Waals surface area contributed by atoms with Gasteiger partial charge in [0.2, 0.25) is 5.95 Å². The van der Waals surface area contributed by atoms with Gasteiger partial charge in [0.25, 0.3) is 0 Å². The highest BCUT2D eigenvalue weighted by Gasteiger charge is 2.25. The first-order valence-corrected chi connectivity index (χ1v) is 6.34. The Kier molecular flexibility index (Phi) is 4.64. The topological polar surface area (TPSA) is 64.3 Å². The average Bonchev–Trinajstić information content (AvgIpc) is 2.84. The van der Waals surface area contributed by atoms with Crippen LogP contribution in [-0.2, 0) is 4.74 Å². The summed E-state index contributed by atoms with van der Waals surface area (Å²) in [5.74, 6) is -2.28. The van der Waals surface area contributed by atoms with Crippen LogP contribution in [0.5, 0.6) is 0 Å². The molecule has 7 heteroatoms. The molecule has 0 spiro atoms. The predicted molar refractivity (Wildman–Crippen MR) is 69.8 cm³/mol. The molecule has 0 bridgehead atoms. The SMILES string of the molecule is CCOC(=O)c1c(F)ncn1C(CO)c1ccc(F)cc1. The molecule has 0 saturated carbocycles. The summed E-state index contributed by atoms with van der Waals surface area (Å²) >= 11 is 0. The number of halogens is 2. The van der Waals surface area contributed by atoms with Gasteiger partial charge in [0, 0.05) is 0 Å². The highest BCUT2D eigenvalue weighted by Crippen LogP contribution is 2.22. The molecule has 2 rings (SSSR count). The van der Waals surface area contributed by atoms with Crippen molar-refractivity contribution in [1.29, 1.82) is 0 Å². The summed E-state index contributed by atoms with van der Waals surface area (Å²) < 4.78 is 32.6. The normalized spacial score (nSPS) is 12.2. The number of carbonyl (C=O) groups is 1. The van der Waals surface area contributed by atoms with Crippen LogP contribution >= 0.6 is 0 Å². The number of aliphatic hydroxyl groups excluding tert-OH is 1. The van der Waals surface area contributed by atoms with Crippen LogP contribution in [0.3, 0.4) is 0 Å². The molecule has 0 amide bonds. The number of imidazole rings is 1. The van der Waals surface area contributed by atoms with Crippen molar-refractivity contribution < 1.29 is 23.4 Å². The fourth-order valence-electron chi connectivity index (χ4n) is 2.00. The van der Waals surface area contributed by atoms with E-state index in [2.05, 4.69) is 4.98 Å². The van der Waals surface area contributed by atoms with Gasteiger partial charge in [-0.1, -0.05) is 12.1 Å². The number of benzene rings is 1. The minimum absolute atomic E-state index is 0.0871. The van der Waals surface area contributed by atoms with Crippen LogP contribution in [0.1, 0.15) is 29.0 Å². The molecule has 0 aliphatic heterocycles. The van der Waals surface area contributed by atoms with E-state index in [9.17, 15) is 18.7 Å². The molecule has 2 aromatic rings. The van der Waals surface area contributed by atoms with E-state index in [1.807, 2.05) is 0 Å². The van der Waals surface area contributed by atoms with Gasteiger partial charge in [-0.25, -0.2) is 14.2 Å². The zero-order chi connectivity index (χ0) is 15.4. The number of aliphatic hydroxyl groups is 1. The lowest BCUT2D eigenvalue weighted by Crippen LogP contribution is -2.21. The molecule has 0 radical (unpaired) electrons. The fourth-order valence-corrected chi connectivity index (χ4v) is 2.00. The average molecular weight is 296 g/mol. The number of rotatable bonds is 5. The molecular formula is C14H14F2N2O3. The van der Waals surface area contributed by atoms with Crippen molar-refractivity contribution in [2.75, 3.05) is 13.2 Å². The minimum Gasteiger partial charge on any atom is -0.461 e. The van der Waals surface area contributed by atoms with Crippen molar-refractivity contribution in [2.24, 2.45) is 0 Å². The third kappa shape index (κ3) is 3.08. The van der Waals surface area contributed by atoms with Gasteiger partial charge in [-0.3, -0.25) is 0 Å². The zero-order valence-corrected chi connectivity index (χ0v) is 11.3. The number of esters is 1. The smallest absolute Gasteiger partial charge is 0.359 e. The Bertz CT molecular complexity index is 626. The summed E-state index contributed by atoms with van der Waals surface area (Å²) in [5.41, 5.74) is 0.141. The molecule has 5 nitrogen and oxygen atoms in total. The monoisotopic (exact) mass is 296 g/mol. The van der Waals surface area contributed by atoms with Gasteiger partial charge in [-0.15, -0.1) is 0 Å². The van der Waals surface area contributed by atoms with E-state index in [0.29, 0.717) is 5.56 Å². The van der Waals surface area contributed by atoms with E-state index < -0.39 is 30.4 Å². The van der Waals surface area contributed by atoms with E-state index in [4.69, 9.17) is 4.74 Å². The summed E-state index contributed by atoms with van der Waals surface area (Å²) in [4.78, 5) is 15.2. The Morgan fingerprint density at radius 1 is 1.38 bits per heavy atom. The summed E-state index contributed by atoms with van der Waals surface area (Å²) in [6.07, 6.45) is 1.10. The van der Waals surface area contributed by atoms with Crippen LogP contribution in [0, 0.1) is 11.8 Å². The third-order valence-electron chi connectivity index (χ3n) is 2.98. The Morgan fingerprint density at radius 3 is 2.62 bits per heavy atom. The summed E-state index contributed by atoms with van der Waals surface area (Å²) in [6.45, 7) is 1.28. The minimum atomic E-state index is -0.978. The standard InChI is InChI=1S/C14H14F2N2O3/c1-2-21-14(20)12-13(16)17-8-18(12)11(7-19)9-3-5-10(15)6-4-9/h3-6,8,11,19H,2,7H2,1H3. The van der Waals surface area contributed by atoms with Gasteiger partial charge in [-0.05, 0) is 24.6 Å². The van der Waals surface area contributed by atoms with Crippen LogP contribution in [0.25, 0.3) is 0 Å². The largest absolute Gasteiger partial charge is 0.461 e. The molecule has 1 atom stereocenters. The van der Waals surface area contributed by atoms with Crippen molar-refractivity contribution in [1.82, 2.24) is 9.55 Å². The number of aromatic nitrogens is 2. The Hall–Kier alpha value is -2.28. The van der Waals surface area contributed by atoms with E-state index in [1.165, 1.54) is 28.8 Å². The predicted octanol–water partition coefficient (Wildman–Crippen LogP) is 1.92. The van der Waals surface area contributed by atoms with Crippen LogP contribution in [-0.4, -0.2) is 33.8 Å². The molecule has 0 aliphatic rings. The lowest BCUT2D eigenvalue weighted by atomic mass is 10.1. The maximum absolute atomic E-state index is 13.7. The Labute approximate surface area is 119 Å². The summed E-state index contributed by atoms with van der Waals surface area (Å²) in [5, 5.41) is 9.53. The van der Waals surface area contributed by atoms with Crippen molar-refractivity contribution in [3.05, 3.63) is 53.6 Å². The summed E-state index contributed by atoms with van der Waals surface area (Å²) in [6, 6.07) is 4.57. The Morgan fingerprint density at radius 2 is 2.05 bits per heavy atom. The molecule has 0 aliphatic carbocycles. The quantitative estimate of drug-likeness (QED) is 0.856. The van der Waals surface area contributed by atoms with Gasteiger partial charge < -0.3 is 14.4 Å². The highest BCUT2D eigenvalue weighted by molar-refractivity contribution is 5.87. The maximum Gasteiger partial charge on any atom is 0.359 e. The number of nitrogens with zero attached hydrogens (tertiary/aromatic N) is 2. The van der Waals surface area contributed by atoms with Gasteiger partial charge in [0.05, 0.1) is 25.6 Å². The molecule has 0 saturated heterocycles. The second-order valence-electron chi connectivity index (χ2n) is 4.26. The lowest BCUT2D eigenvalue weighted by Gasteiger charge is -2.18. The highest BCUT2D eigenvalue weighted by atomic mass is 19.1. The van der Waals surface area contributed by atoms with E-state index in [0.717, 1.165) is 6.33 Å². The van der Waals surface area contributed by atoms with Crippen LogP contribution in [0.2, 0.25) is 0 Å². The van der Waals surface area contributed by atoms with E-state index in [-0.39, 0.29) is 12.3 Å². The molecule has 112 valence electrons. The van der Waals surface area contributed by atoms with E-state index >= 15 is 0 Å². The van der Waals surface area contributed by atoms with Crippen LogP contribution < -0.4 is 0 Å². The second kappa shape index (κ2) is 6.45. The van der Waals surface area contributed by atoms with Gasteiger partial charge in [-0.2, -0.15) is 4.39 Å². The number of hydrogen-bond acceptors (Lipinski definition) is 4. The first-order chi connectivity index (χ1) is 10.1. The van der Waals surface area contributed by atoms with Gasteiger partial charge in [0.1, 0.15) is 5.82 Å². The van der Waals surface area contributed by atoms with Crippen molar-refractivity contribution in [3.8, 4) is 0 Å². The fraction of sp³-hybridized carbons (Fsp3) is 0.286. The van der Waals surface area contributed by atoms with E-state index in [1.54, 1.807) is 6.92 Å². The van der Waals surface area contributed by atoms with Crippen molar-refractivity contribution >= 4 is 5.97 Å². The third-order valence-corrected chi connectivity index (χ3v) is 2.98. The van der Waals surface area contributed by atoms with Crippen molar-refractivity contribution in [2.45, 2.75) is 13.0 Å². The molecule has 1 aromatic heterocycles. The lowest BCUT2D eigenvalue weighted by molar-refractivity contribution is 0.0504. The maximum atomic E-state index is 13.7. The second-order valence-corrected chi connectivity index (χ2v) is 4.26. The first kappa shape index (κ1) is 15.1. The zero-order valence-electron chi connectivity index (χ0n) is 11.3. The van der Waals surface area contributed by atoms with Gasteiger partial charge >= 0.3 is 5.97 Å². The molecule has 1 N–H and O–H groups in total. The van der Waals surface area contributed by atoms with Gasteiger partial charge in [0.15, 0.2) is 5.69 Å². The molecule has 1 aromatic carbocycles. The van der Waals surface area contributed by atoms with Crippen LogP contribution in [0.15, 0.2) is 30.6 Å². The van der Waals surface area contributed by atoms with Crippen molar-refractivity contribution in [3.63, 3.8) is 0 Å². The molecule has 0 fully saturated rings. The molecule has 21 heavy (non-hydrogen) atoms. The molecule has 1 unspecified atom stereocenters. The number of carbonyl (C=O) groups excluding carboxylic acids is 1. The molecule has 1 heterocycles. The number of ether oxygens (including phenoxy) is 1. The Balaban J connectivity index is 2.43. The van der Waals surface area contributed by atoms with Crippen LogP contribution in [0.4, 0.5) is 8.78 Å². The molecular weight excluding hydrogens is 282 g/mol. The summed E-state index contributed by atoms with van der Waals surface area (Å²) in [7, 11) is 0. The first-order valence-electron chi connectivity index (χ1n) is 6.34.